The van der Waals surface area contributed by atoms with E-state index in [0.717, 1.165) is 24.3 Å². The van der Waals surface area contributed by atoms with E-state index in [4.69, 9.17) is 9.84 Å². The number of aromatic carboxylic acids is 1. The van der Waals surface area contributed by atoms with Gasteiger partial charge >= 0.3 is 5.97 Å². The number of morpholine rings is 1. The maximum absolute atomic E-state index is 11.2. The molecule has 0 spiro atoms. The van der Waals surface area contributed by atoms with Crippen molar-refractivity contribution in [3.8, 4) is 0 Å². The van der Waals surface area contributed by atoms with Crippen LogP contribution in [0.4, 0.5) is 5.69 Å². The summed E-state index contributed by atoms with van der Waals surface area (Å²) in [6.07, 6.45) is 0. The van der Waals surface area contributed by atoms with Gasteiger partial charge in [0.25, 0.3) is 0 Å². The maximum Gasteiger partial charge on any atom is 0.337 e. The number of carbonyl (C=O) groups is 1. The first-order valence-corrected chi connectivity index (χ1v) is 5.36. The average molecular weight is 221 g/mol. The van der Waals surface area contributed by atoms with Crippen LogP contribution in [0.3, 0.4) is 0 Å². The predicted octanol–water partition coefficient (Wildman–Crippen LogP) is 1.53. The summed E-state index contributed by atoms with van der Waals surface area (Å²) in [5.41, 5.74) is 2.21. The number of hydrogen-bond donors (Lipinski definition) is 1. The lowest BCUT2D eigenvalue weighted by molar-refractivity contribution is 0.0696. The van der Waals surface area contributed by atoms with Crippen LogP contribution in [0.2, 0.25) is 0 Å². The van der Waals surface area contributed by atoms with Gasteiger partial charge in [-0.2, -0.15) is 0 Å². The van der Waals surface area contributed by atoms with Gasteiger partial charge < -0.3 is 14.7 Å². The molecule has 86 valence electrons. The van der Waals surface area contributed by atoms with Crippen molar-refractivity contribution in [2.75, 3.05) is 31.2 Å². The summed E-state index contributed by atoms with van der Waals surface area (Å²) in [5.74, 6) is -0.870. The Labute approximate surface area is 94.4 Å². The third-order valence-electron chi connectivity index (χ3n) is 2.80. The Kier molecular flexibility index (Phi) is 3.10. The molecule has 4 nitrogen and oxygen atoms in total. The summed E-state index contributed by atoms with van der Waals surface area (Å²) >= 11 is 0. The molecule has 1 N–H and O–H groups in total. The molecule has 2 rings (SSSR count). The van der Waals surface area contributed by atoms with Crippen LogP contribution in [0.25, 0.3) is 0 Å². The van der Waals surface area contributed by atoms with Crippen LogP contribution in [-0.2, 0) is 4.74 Å². The minimum absolute atomic E-state index is 0.377. The molecule has 0 radical (unpaired) electrons. The summed E-state index contributed by atoms with van der Waals surface area (Å²) in [4.78, 5) is 13.2. The quantitative estimate of drug-likeness (QED) is 0.822. The van der Waals surface area contributed by atoms with Gasteiger partial charge in [-0.25, -0.2) is 4.79 Å². The van der Waals surface area contributed by atoms with Crippen molar-refractivity contribution in [2.24, 2.45) is 0 Å². The van der Waals surface area contributed by atoms with Gasteiger partial charge in [-0.1, -0.05) is 12.1 Å². The number of aryl methyl sites for hydroxylation is 1. The Hall–Kier alpha value is -1.55. The zero-order valence-corrected chi connectivity index (χ0v) is 9.27. The molecule has 0 atom stereocenters. The average Bonchev–Trinajstić information content (AvgIpc) is 2.29. The smallest absolute Gasteiger partial charge is 0.337 e. The Morgan fingerprint density at radius 3 is 2.69 bits per heavy atom. The Morgan fingerprint density at radius 1 is 1.38 bits per heavy atom. The highest BCUT2D eigenvalue weighted by molar-refractivity contribution is 5.95. The Balaban J connectivity index is 2.40. The van der Waals surface area contributed by atoms with Crippen molar-refractivity contribution >= 4 is 11.7 Å². The van der Waals surface area contributed by atoms with Gasteiger partial charge in [0.1, 0.15) is 0 Å². The molecule has 1 heterocycles. The van der Waals surface area contributed by atoms with E-state index in [2.05, 4.69) is 4.90 Å². The highest BCUT2D eigenvalue weighted by Crippen LogP contribution is 2.25. The van der Waals surface area contributed by atoms with E-state index in [-0.39, 0.29) is 0 Å². The zero-order valence-electron chi connectivity index (χ0n) is 9.27. The molecule has 1 aromatic rings. The monoisotopic (exact) mass is 221 g/mol. The van der Waals surface area contributed by atoms with Crippen molar-refractivity contribution in [1.29, 1.82) is 0 Å². The van der Waals surface area contributed by atoms with Crippen LogP contribution in [-0.4, -0.2) is 37.4 Å². The van der Waals surface area contributed by atoms with Crippen molar-refractivity contribution in [2.45, 2.75) is 6.92 Å². The van der Waals surface area contributed by atoms with Gasteiger partial charge in [0, 0.05) is 13.1 Å². The van der Waals surface area contributed by atoms with Gasteiger partial charge in [0.05, 0.1) is 24.5 Å². The van der Waals surface area contributed by atoms with Gasteiger partial charge in [0.15, 0.2) is 0 Å². The highest BCUT2D eigenvalue weighted by atomic mass is 16.5. The molecular weight excluding hydrogens is 206 g/mol. The first-order valence-electron chi connectivity index (χ1n) is 5.36. The molecule has 1 saturated heterocycles. The lowest BCUT2D eigenvalue weighted by Gasteiger charge is -2.31. The number of rotatable bonds is 2. The molecule has 1 aliphatic heterocycles. The number of para-hydroxylation sites is 1. The molecule has 1 aromatic carbocycles. The first kappa shape index (κ1) is 11.0. The van der Waals surface area contributed by atoms with Gasteiger partial charge in [-0.05, 0) is 18.6 Å². The van der Waals surface area contributed by atoms with Crippen molar-refractivity contribution in [3.63, 3.8) is 0 Å². The summed E-state index contributed by atoms with van der Waals surface area (Å²) in [6.45, 7) is 4.77. The largest absolute Gasteiger partial charge is 0.478 e. The van der Waals surface area contributed by atoms with E-state index >= 15 is 0 Å². The molecule has 0 unspecified atom stereocenters. The van der Waals surface area contributed by atoms with Crippen LogP contribution >= 0.6 is 0 Å². The third-order valence-corrected chi connectivity index (χ3v) is 2.80. The first-order chi connectivity index (χ1) is 7.70. The fourth-order valence-corrected chi connectivity index (χ4v) is 2.04. The fourth-order valence-electron chi connectivity index (χ4n) is 2.04. The maximum atomic E-state index is 11.2. The highest BCUT2D eigenvalue weighted by Gasteiger charge is 2.19. The third kappa shape index (κ3) is 2.02. The van der Waals surface area contributed by atoms with Crippen LogP contribution in [0.5, 0.6) is 0 Å². The van der Waals surface area contributed by atoms with Crippen LogP contribution in [0.1, 0.15) is 15.9 Å². The zero-order chi connectivity index (χ0) is 11.5. The lowest BCUT2D eigenvalue weighted by atomic mass is 10.1. The van der Waals surface area contributed by atoms with E-state index in [1.807, 2.05) is 13.0 Å². The SMILES string of the molecule is Cc1cccc(C(=O)O)c1N1CCOCC1. The molecule has 0 saturated carbocycles. The second-order valence-electron chi connectivity index (χ2n) is 3.88. The number of ether oxygens (including phenoxy) is 1. The standard InChI is InChI=1S/C12H15NO3/c1-9-3-2-4-10(12(14)15)11(9)13-5-7-16-8-6-13/h2-4H,5-8H2,1H3,(H,14,15). The Bertz CT molecular complexity index is 397. The molecule has 1 aliphatic rings. The van der Waals surface area contributed by atoms with E-state index < -0.39 is 5.97 Å². The van der Waals surface area contributed by atoms with E-state index in [1.54, 1.807) is 12.1 Å². The molecule has 0 aliphatic carbocycles. The number of anilines is 1. The molecule has 16 heavy (non-hydrogen) atoms. The molecule has 0 amide bonds. The summed E-state index contributed by atoms with van der Waals surface area (Å²) in [7, 11) is 0. The number of hydrogen-bond acceptors (Lipinski definition) is 3. The Morgan fingerprint density at radius 2 is 2.06 bits per heavy atom. The van der Waals surface area contributed by atoms with Crippen LogP contribution < -0.4 is 4.90 Å². The predicted molar refractivity (Wildman–Crippen MR) is 61.2 cm³/mol. The van der Waals surface area contributed by atoms with Crippen molar-refractivity contribution in [1.82, 2.24) is 0 Å². The van der Waals surface area contributed by atoms with Gasteiger partial charge in [0.2, 0.25) is 0 Å². The lowest BCUT2D eigenvalue weighted by Crippen LogP contribution is -2.37. The number of benzene rings is 1. The van der Waals surface area contributed by atoms with Crippen LogP contribution in [0.15, 0.2) is 18.2 Å². The second kappa shape index (κ2) is 4.53. The number of nitrogens with zero attached hydrogens (tertiary/aromatic N) is 1. The fraction of sp³-hybridized carbons (Fsp3) is 0.417. The topological polar surface area (TPSA) is 49.8 Å². The molecule has 0 aromatic heterocycles. The second-order valence-corrected chi connectivity index (χ2v) is 3.88. The van der Waals surface area contributed by atoms with Crippen molar-refractivity contribution in [3.05, 3.63) is 29.3 Å². The normalized spacial score (nSPS) is 16.2. The van der Waals surface area contributed by atoms with Gasteiger partial charge in [-0.15, -0.1) is 0 Å². The van der Waals surface area contributed by atoms with E-state index in [1.165, 1.54) is 0 Å². The number of carboxylic acids is 1. The van der Waals surface area contributed by atoms with Crippen molar-refractivity contribution < 1.29 is 14.6 Å². The summed E-state index contributed by atoms with van der Waals surface area (Å²) in [5, 5.41) is 9.16. The number of carboxylic acid groups (broad SMARTS) is 1. The molecule has 1 fully saturated rings. The summed E-state index contributed by atoms with van der Waals surface area (Å²) in [6, 6.07) is 5.38. The van der Waals surface area contributed by atoms with E-state index in [0.29, 0.717) is 18.8 Å². The molecular formula is C12H15NO3. The summed E-state index contributed by atoms with van der Waals surface area (Å²) < 4.78 is 5.27. The molecule has 4 heteroatoms. The minimum atomic E-state index is -0.870. The van der Waals surface area contributed by atoms with E-state index in [9.17, 15) is 4.79 Å². The molecule has 0 bridgehead atoms. The van der Waals surface area contributed by atoms with Gasteiger partial charge in [-0.3, -0.25) is 0 Å². The minimum Gasteiger partial charge on any atom is -0.478 e. The van der Waals surface area contributed by atoms with Crippen LogP contribution in [0, 0.1) is 6.92 Å².